The third-order valence-electron chi connectivity index (χ3n) is 2.37. The molecule has 0 bridgehead atoms. The zero-order valence-electron chi connectivity index (χ0n) is 8.68. The Bertz CT molecular complexity index is 628. The molecule has 0 unspecified atom stereocenters. The second-order valence-corrected chi connectivity index (χ2v) is 3.63. The molecule has 0 aliphatic heterocycles. The summed E-state index contributed by atoms with van der Waals surface area (Å²) in [6, 6.07) is 1.44. The third kappa shape index (κ3) is 2.10. The number of allylic oxidation sites excluding steroid dienone is 1. The van der Waals surface area contributed by atoms with Crippen LogP contribution >= 0.6 is 0 Å². The molecular formula is C9H8BF3N3O-. The van der Waals surface area contributed by atoms with Crippen LogP contribution in [0.15, 0.2) is 41.5 Å². The van der Waals surface area contributed by atoms with Crippen molar-refractivity contribution in [3.63, 3.8) is 0 Å². The zero-order chi connectivity index (χ0) is 12.6. The van der Waals surface area contributed by atoms with Gasteiger partial charge in [-0.25, -0.2) is 4.52 Å². The molecule has 0 spiro atoms. The largest absolute Gasteiger partial charge is 0.506 e. The van der Waals surface area contributed by atoms with Gasteiger partial charge in [-0.05, 0) is 6.07 Å². The predicted octanol–water partition coefficient (Wildman–Crippen LogP) is 1.44. The maximum atomic E-state index is 12.4. The summed E-state index contributed by atoms with van der Waals surface area (Å²) in [4.78, 5) is 11.8. The lowest BCUT2D eigenvalue weighted by Gasteiger charge is -2.18. The Balaban J connectivity index is 2.40. The fourth-order valence-corrected chi connectivity index (χ4v) is 1.41. The molecular weight excluding hydrogens is 234 g/mol. The molecule has 0 fully saturated rings. The normalized spacial score (nSPS) is 11.9. The van der Waals surface area contributed by atoms with Crippen molar-refractivity contribution in [1.82, 2.24) is 14.2 Å². The van der Waals surface area contributed by atoms with Crippen molar-refractivity contribution >= 4 is 12.5 Å². The molecule has 0 aliphatic carbocycles. The highest BCUT2D eigenvalue weighted by atomic mass is 19.4. The molecule has 0 radical (unpaired) electrons. The number of hydrogen-bond acceptors (Lipinski definition) is 2. The first-order chi connectivity index (χ1) is 7.89. The van der Waals surface area contributed by atoms with Crippen LogP contribution < -0.4 is 5.56 Å². The van der Waals surface area contributed by atoms with E-state index in [-0.39, 0.29) is 5.52 Å². The van der Waals surface area contributed by atoms with Gasteiger partial charge in [-0.3, -0.25) is 4.79 Å². The Labute approximate surface area is 94.0 Å². The Morgan fingerprint density at radius 3 is 2.76 bits per heavy atom. The lowest BCUT2D eigenvalue weighted by Crippen LogP contribution is -2.28. The zero-order valence-corrected chi connectivity index (χ0v) is 8.68. The van der Waals surface area contributed by atoms with E-state index in [4.69, 9.17) is 0 Å². The van der Waals surface area contributed by atoms with E-state index in [0.29, 0.717) is 0 Å². The monoisotopic (exact) mass is 242 g/mol. The van der Waals surface area contributed by atoms with Crippen LogP contribution in [0, 0.1) is 0 Å². The summed E-state index contributed by atoms with van der Waals surface area (Å²) in [5.74, 6) is 0. The summed E-state index contributed by atoms with van der Waals surface area (Å²) in [6.45, 7) is -2.73. The minimum atomic E-state index is -5.12. The van der Waals surface area contributed by atoms with Crippen molar-refractivity contribution in [3.8, 4) is 0 Å². The first kappa shape index (κ1) is 11.5. The third-order valence-corrected chi connectivity index (χ3v) is 2.37. The molecule has 0 N–H and O–H groups in total. The van der Waals surface area contributed by atoms with Crippen LogP contribution in [0.3, 0.4) is 0 Å². The Hall–Kier alpha value is -1.99. The Kier molecular flexibility index (Phi) is 2.57. The van der Waals surface area contributed by atoms with Crippen molar-refractivity contribution in [2.45, 2.75) is 6.54 Å². The van der Waals surface area contributed by atoms with Crippen LogP contribution in [-0.2, 0) is 6.54 Å². The fourth-order valence-electron chi connectivity index (χ4n) is 1.41. The first-order valence-corrected chi connectivity index (χ1v) is 4.80. The number of nitrogens with zero attached hydrogens (tertiary/aromatic N) is 3. The molecule has 0 amide bonds. The maximum absolute atomic E-state index is 12.4. The van der Waals surface area contributed by atoms with E-state index in [1.54, 1.807) is 0 Å². The predicted molar refractivity (Wildman–Crippen MR) is 57.7 cm³/mol. The minimum Gasteiger partial charge on any atom is -0.445 e. The summed E-state index contributed by atoms with van der Waals surface area (Å²) >= 11 is 0. The Morgan fingerprint density at radius 2 is 2.12 bits per heavy atom. The van der Waals surface area contributed by atoms with Gasteiger partial charge in [0.2, 0.25) is 0 Å². The van der Waals surface area contributed by atoms with Gasteiger partial charge in [0.1, 0.15) is 5.52 Å². The SMILES string of the molecule is C=C(Cn1ccn2nccc2c1=O)[B-](F)(F)F. The fraction of sp³-hybridized carbons (Fsp3) is 0.111. The van der Waals surface area contributed by atoms with Crippen molar-refractivity contribution in [1.29, 1.82) is 0 Å². The van der Waals surface area contributed by atoms with Crippen molar-refractivity contribution in [2.75, 3.05) is 0 Å². The highest BCUT2D eigenvalue weighted by Gasteiger charge is 2.26. The lowest BCUT2D eigenvalue weighted by atomic mass is 9.80. The molecule has 0 aromatic carbocycles. The first-order valence-electron chi connectivity index (χ1n) is 4.80. The molecule has 4 nitrogen and oxygen atoms in total. The standard InChI is InChI=1S/C9H8BF3N3O/c1-7(10(11,12)13)6-15-4-5-16-8(9(15)17)2-3-14-16/h2-5H,1,6H2/q-1. The molecule has 2 rings (SSSR count). The van der Waals surface area contributed by atoms with Crippen LogP contribution in [0.5, 0.6) is 0 Å². The molecule has 0 atom stereocenters. The van der Waals surface area contributed by atoms with E-state index in [9.17, 15) is 17.7 Å². The van der Waals surface area contributed by atoms with Crippen molar-refractivity contribution < 1.29 is 12.9 Å². The van der Waals surface area contributed by atoms with Crippen LogP contribution in [0.25, 0.3) is 5.52 Å². The summed E-state index contributed by atoms with van der Waals surface area (Å²) < 4.78 is 39.3. The van der Waals surface area contributed by atoms with Crippen LogP contribution in [0.1, 0.15) is 0 Å². The van der Waals surface area contributed by atoms with Gasteiger partial charge in [0.05, 0.1) is 6.20 Å². The van der Waals surface area contributed by atoms with E-state index in [2.05, 4.69) is 11.7 Å². The molecule has 2 aromatic heterocycles. The number of halogens is 3. The molecule has 17 heavy (non-hydrogen) atoms. The van der Waals surface area contributed by atoms with Gasteiger partial charge in [-0.2, -0.15) is 5.10 Å². The molecule has 0 saturated carbocycles. The number of aromatic nitrogens is 3. The number of hydrogen-bond donors (Lipinski definition) is 0. The van der Waals surface area contributed by atoms with Crippen molar-refractivity contribution in [2.24, 2.45) is 0 Å². The van der Waals surface area contributed by atoms with Crippen molar-refractivity contribution in [3.05, 3.63) is 47.1 Å². The highest BCUT2D eigenvalue weighted by Crippen LogP contribution is 2.19. The van der Waals surface area contributed by atoms with Crippen LogP contribution in [-0.4, -0.2) is 21.2 Å². The van der Waals surface area contributed by atoms with E-state index in [1.165, 1.54) is 29.2 Å². The van der Waals surface area contributed by atoms with Gasteiger partial charge < -0.3 is 17.5 Å². The summed E-state index contributed by atoms with van der Waals surface area (Å²) in [7, 11) is 0. The lowest BCUT2D eigenvalue weighted by molar-refractivity contribution is 0.481. The smallest absolute Gasteiger partial charge is 0.445 e. The molecule has 2 heterocycles. The van der Waals surface area contributed by atoms with Gasteiger partial charge in [-0.1, -0.05) is 0 Å². The number of rotatable bonds is 3. The Morgan fingerprint density at radius 1 is 1.41 bits per heavy atom. The van der Waals surface area contributed by atoms with Crippen LogP contribution in [0.4, 0.5) is 12.9 Å². The van der Waals surface area contributed by atoms with Gasteiger partial charge in [0.15, 0.2) is 0 Å². The quantitative estimate of drug-likeness (QED) is 0.764. The second-order valence-electron chi connectivity index (χ2n) is 3.63. The molecule has 90 valence electrons. The second kappa shape index (κ2) is 3.79. The highest BCUT2D eigenvalue weighted by molar-refractivity contribution is 6.66. The average Bonchev–Trinajstić information content (AvgIpc) is 2.69. The topological polar surface area (TPSA) is 39.3 Å². The van der Waals surface area contributed by atoms with Gasteiger partial charge in [0.25, 0.3) is 5.56 Å². The van der Waals surface area contributed by atoms with E-state index in [0.717, 1.165) is 4.57 Å². The summed E-state index contributed by atoms with van der Waals surface area (Å²) in [5, 5.41) is 3.81. The van der Waals surface area contributed by atoms with E-state index >= 15 is 0 Å². The molecule has 2 aromatic rings. The van der Waals surface area contributed by atoms with Crippen LogP contribution in [0.2, 0.25) is 0 Å². The maximum Gasteiger partial charge on any atom is 0.506 e. The van der Waals surface area contributed by atoms with Gasteiger partial charge >= 0.3 is 6.98 Å². The summed E-state index contributed by atoms with van der Waals surface area (Å²) in [6.07, 6.45) is 4.09. The molecule has 0 saturated heterocycles. The van der Waals surface area contributed by atoms with Gasteiger partial charge in [0, 0.05) is 18.9 Å². The summed E-state index contributed by atoms with van der Waals surface area (Å²) in [5.41, 5.74) is -1.20. The van der Waals surface area contributed by atoms with E-state index in [1.807, 2.05) is 0 Å². The molecule has 8 heteroatoms. The minimum absolute atomic E-state index is 0.231. The molecule has 0 aliphatic rings. The average molecular weight is 242 g/mol. The number of fused-ring (bicyclic) bond motifs is 1. The van der Waals surface area contributed by atoms with E-state index < -0.39 is 24.6 Å². The van der Waals surface area contributed by atoms with Gasteiger partial charge in [-0.15, -0.1) is 12.1 Å².